The lowest BCUT2D eigenvalue weighted by Crippen LogP contribution is -2.31. The summed E-state index contributed by atoms with van der Waals surface area (Å²) in [4.78, 5) is 13.0. The molecule has 0 aliphatic carbocycles. The summed E-state index contributed by atoms with van der Waals surface area (Å²) < 4.78 is 0. The van der Waals surface area contributed by atoms with Gasteiger partial charge in [0.15, 0.2) is 0 Å². The number of carbonyl (C=O) groups is 1. The molecule has 0 aromatic carbocycles. The number of rotatable bonds is 3. The van der Waals surface area contributed by atoms with Crippen LogP contribution in [0.2, 0.25) is 0 Å². The smallest absolute Gasteiger partial charge is 0.240 e. The molecule has 1 rings (SSSR count). The Hall–Kier alpha value is -0.540. The summed E-state index contributed by atoms with van der Waals surface area (Å²) in [6.07, 6.45) is 0. The maximum absolute atomic E-state index is 11.4. The van der Waals surface area contributed by atoms with Crippen molar-refractivity contribution < 1.29 is 4.79 Å². The van der Waals surface area contributed by atoms with Crippen LogP contribution in [-0.4, -0.2) is 23.2 Å². The van der Waals surface area contributed by atoms with E-state index in [4.69, 9.17) is 11.6 Å². The Morgan fingerprint density at radius 1 is 1.77 bits per heavy atom. The predicted octanol–water partition coefficient (Wildman–Crippen LogP) is 2.33. The summed E-state index contributed by atoms with van der Waals surface area (Å²) >= 11 is 7.31. The van der Waals surface area contributed by atoms with Crippen molar-refractivity contribution >= 4 is 28.8 Å². The van der Waals surface area contributed by atoms with Crippen molar-refractivity contribution in [2.45, 2.75) is 18.8 Å². The average Bonchev–Trinajstić information content (AvgIpc) is 2.55. The first-order valence-corrected chi connectivity index (χ1v) is 5.39. The molecule has 0 saturated heterocycles. The molecule has 1 aromatic heterocycles. The number of thiophene rings is 1. The van der Waals surface area contributed by atoms with Gasteiger partial charge in [0.25, 0.3) is 0 Å². The second-order valence-corrected chi connectivity index (χ2v) is 4.38. The van der Waals surface area contributed by atoms with E-state index in [9.17, 15) is 4.79 Å². The highest BCUT2D eigenvalue weighted by atomic mass is 35.5. The molecule has 0 radical (unpaired) electrons. The van der Waals surface area contributed by atoms with Gasteiger partial charge in [-0.2, -0.15) is 11.3 Å². The summed E-state index contributed by atoms with van der Waals surface area (Å²) in [7, 11) is 1.76. The molecule has 1 heterocycles. The van der Waals surface area contributed by atoms with Gasteiger partial charge in [-0.15, -0.1) is 11.6 Å². The van der Waals surface area contributed by atoms with Gasteiger partial charge in [0, 0.05) is 13.6 Å². The van der Waals surface area contributed by atoms with Crippen LogP contribution in [0.5, 0.6) is 0 Å². The molecule has 1 atom stereocenters. The van der Waals surface area contributed by atoms with Crippen LogP contribution in [0.3, 0.4) is 0 Å². The molecule has 13 heavy (non-hydrogen) atoms. The number of alkyl halides is 1. The number of hydrogen-bond acceptors (Lipinski definition) is 2. The summed E-state index contributed by atoms with van der Waals surface area (Å²) in [5, 5.41) is 3.59. The van der Waals surface area contributed by atoms with Crippen LogP contribution in [-0.2, 0) is 11.3 Å². The van der Waals surface area contributed by atoms with Gasteiger partial charge in [0.1, 0.15) is 5.38 Å². The maximum atomic E-state index is 11.4. The fourth-order valence-corrected chi connectivity index (χ4v) is 1.86. The molecular weight excluding hydrogens is 206 g/mol. The van der Waals surface area contributed by atoms with Crippen molar-refractivity contribution in [1.29, 1.82) is 0 Å². The molecule has 0 aliphatic heterocycles. The van der Waals surface area contributed by atoms with Crippen molar-refractivity contribution in [3.63, 3.8) is 0 Å². The Labute approximate surface area is 87.1 Å². The number of nitrogens with zero attached hydrogens (tertiary/aromatic N) is 1. The first-order valence-electron chi connectivity index (χ1n) is 4.01. The van der Waals surface area contributed by atoms with Crippen LogP contribution < -0.4 is 0 Å². The molecule has 0 aliphatic rings. The standard InChI is InChI=1S/C9H12ClNOS/c1-7(10)9(12)11(2)5-8-3-4-13-6-8/h3-4,6-7H,5H2,1-2H3. The van der Waals surface area contributed by atoms with Gasteiger partial charge in [0.05, 0.1) is 0 Å². The Morgan fingerprint density at radius 2 is 2.46 bits per heavy atom. The van der Waals surface area contributed by atoms with Gasteiger partial charge in [0.2, 0.25) is 5.91 Å². The summed E-state index contributed by atoms with van der Waals surface area (Å²) in [5.41, 5.74) is 1.15. The van der Waals surface area contributed by atoms with E-state index in [0.717, 1.165) is 5.56 Å². The Bertz CT molecular complexity index is 271. The van der Waals surface area contributed by atoms with Gasteiger partial charge >= 0.3 is 0 Å². The summed E-state index contributed by atoms with van der Waals surface area (Å²) in [6.45, 7) is 2.33. The highest BCUT2D eigenvalue weighted by molar-refractivity contribution is 7.07. The van der Waals surface area contributed by atoms with E-state index >= 15 is 0 Å². The maximum Gasteiger partial charge on any atom is 0.240 e. The lowest BCUT2D eigenvalue weighted by atomic mass is 10.3. The lowest BCUT2D eigenvalue weighted by Gasteiger charge is -2.17. The zero-order chi connectivity index (χ0) is 9.84. The molecule has 4 heteroatoms. The van der Waals surface area contributed by atoms with Gasteiger partial charge in [-0.3, -0.25) is 4.79 Å². The van der Waals surface area contributed by atoms with E-state index in [1.807, 2.05) is 16.8 Å². The lowest BCUT2D eigenvalue weighted by molar-refractivity contribution is -0.129. The first-order chi connectivity index (χ1) is 6.11. The van der Waals surface area contributed by atoms with Crippen molar-refractivity contribution in [3.8, 4) is 0 Å². The van der Waals surface area contributed by atoms with Crippen LogP contribution in [0.15, 0.2) is 16.8 Å². The fourth-order valence-electron chi connectivity index (χ4n) is 1.04. The van der Waals surface area contributed by atoms with Crippen molar-refractivity contribution in [2.24, 2.45) is 0 Å². The minimum Gasteiger partial charge on any atom is -0.340 e. The predicted molar refractivity (Wildman–Crippen MR) is 56.1 cm³/mol. The fraction of sp³-hybridized carbons (Fsp3) is 0.444. The van der Waals surface area contributed by atoms with Crippen LogP contribution >= 0.6 is 22.9 Å². The van der Waals surface area contributed by atoms with Crippen LogP contribution in [0, 0.1) is 0 Å². The molecule has 1 amide bonds. The van der Waals surface area contributed by atoms with Crippen LogP contribution in [0.4, 0.5) is 0 Å². The third kappa shape index (κ3) is 3.01. The number of carbonyl (C=O) groups excluding carboxylic acids is 1. The molecule has 72 valence electrons. The SMILES string of the molecule is CC(Cl)C(=O)N(C)Cc1ccsc1. The normalized spacial score (nSPS) is 12.5. The molecule has 0 saturated carbocycles. The van der Waals surface area contributed by atoms with Crippen LogP contribution in [0.25, 0.3) is 0 Å². The minimum atomic E-state index is -0.441. The number of amides is 1. The van der Waals surface area contributed by atoms with Gasteiger partial charge in [-0.1, -0.05) is 0 Å². The van der Waals surface area contributed by atoms with Gasteiger partial charge < -0.3 is 4.90 Å². The second-order valence-electron chi connectivity index (χ2n) is 2.94. The Balaban J connectivity index is 2.51. The second kappa shape index (κ2) is 4.63. The van der Waals surface area contributed by atoms with Crippen molar-refractivity contribution in [2.75, 3.05) is 7.05 Å². The minimum absolute atomic E-state index is 0.0344. The molecule has 1 aromatic rings. The monoisotopic (exact) mass is 217 g/mol. The van der Waals surface area contributed by atoms with E-state index in [1.165, 1.54) is 0 Å². The van der Waals surface area contributed by atoms with E-state index in [-0.39, 0.29) is 5.91 Å². The number of halogens is 1. The average molecular weight is 218 g/mol. The van der Waals surface area contributed by atoms with Crippen molar-refractivity contribution in [1.82, 2.24) is 4.90 Å². The van der Waals surface area contributed by atoms with E-state index in [0.29, 0.717) is 6.54 Å². The zero-order valence-electron chi connectivity index (χ0n) is 7.66. The third-order valence-electron chi connectivity index (χ3n) is 1.72. The molecule has 1 unspecified atom stereocenters. The van der Waals surface area contributed by atoms with E-state index in [2.05, 4.69) is 0 Å². The Morgan fingerprint density at radius 3 is 2.92 bits per heavy atom. The molecule has 0 N–H and O–H groups in total. The van der Waals surface area contributed by atoms with Gasteiger partial charge in [-0.05, 0) is 29.3 Å². The summed E-state index contributed by atoms with van der Waals surface area (Å²) in [5.74, 6) is -0.0344. The largest absolute Gasteiger partial charge is 0.340 e. The first kappa shape index (κ1) is 10.5. The zero-order valence-corrected chi connectivity index (χ0v) is 9.23. The summed E-state index contributed by atoms with van der Waals surface area (Å²) in [6, 6.07) is 2.01. The topological polar surface area (TPSA) is 20.3 Å². The Kier molecular flexibility index (Phi) is 3.75. The molecule has 2 nitrogen and oxygen atoms in total. The van der Waals surface area contributed by atoms with E-state index in [1.54, 1.807) is 30.2 Å². The van der Waals surface area contributed by atoms with E-state index < -0.39 is 5.38 Å². The van der Waals surface area contributed by atoms with Crippen LogP contribution in [0.1, 0.15) is 12.5 Å². The highest BCUT2D eigenvalue weighted by Gasteiger charge is 2.14. The molecular formula is C9H12ClNOS. The highest BCUT2D eigenvalue weighted by Crippen LogP contribution is 2.10. The quantitative estimate of drug-likeness (QED) is 0.712. The number of hydrogen-bond donors (Lipinski definition) is 0. The third-order valence-corrected chi connectivity index (χ3v) is 2.64. The molecule has 0 spiro atoms. The molecule has 0 fully saturated rings. The molecule has 0 bridgehead atoms. The van der Waals surface area contributed by atoms with Crippen molar-refractivity contribution in [3.05, 3.63) is 22.4 Å². The van der Waals surface area contributed by atoms with Gasteiger partial charge in [-0.25, -0.2) is 0 Å².